The lowest BCUT2D eigenvalue weighted by Crippen LogP contribution is -1.56. The Morgan fingerprint density at radius 2 is 1.44 bits per heavy atom. The Labute approximate surface area is 71.6 Å². The van der Waals surface area contributed by atoms with Crippen LogP contribution in [-0.2, 0) is 0 Å². The second-order valence-corrected chi connectivity index (χ2v) is 2.79. The van der Waals surface area contributed by atoms with Crippen molar-refractivity contribution in [3.8, 4) is 0 Å². The van der Waals surface area contributed by atoms with Crippen molar-refractivity contribution in [3.05, 3.63) is 23.0 Å². The molecule has 0 aromatic rings. The Balaban J connectivity index is 3.08. The first-order valence-corrected chi connectivity index (χ1v) is 4.79. The molecule has 9 heavy (non-hydrogen) atoms. The summed E-state index contributed by atoms with van der Waals surface area (Å²) in [5.74, 6) is 1.61. The van der Waals surface area contributed by atoms with E-state index in [1.165, 1.54) is 0 Å². The Hall–Kier alpha value is 0.530. The maximum atomic E-state index is 4.01. The van der Waals surface area contributed by atoms with Crippen LogP contribution in [0, 0.1) is 0 Å². The van der Waals surface area contributed by atoms with Crippen molar-refractivity contribution in [2.24, 2.45) is 0 Å². The maximum Gasteiger partial charge on any atom is 0.00907 e. The van der Waals surface area contributed by atoms with Gasteiger partial charge in [-0.1, -0.05) is 12.2 Å². The molecule has 0 amide bonds. The molecule has 0 aromatic heterocycles. The second-order valence-electron chi connectivity index (χ2n) is 1.24. The molecule has 0 fully saturated rings. The van der Waals surface area contributed by atoms with Crippen LogP contribution in [-0.4, -0.2) is 11.5 Å². The third-order valence-electron chi connectivity index (χ3n) is 0.560. The van der Waals surface area contributed by atoms with E-state index in [9.17, 15) is 0 Å². The Bertz CT molecular complexity index is 84.5. The normalized spacial score (nSPS) is 11.8. The van der Waals surface area contributed by atoms with Gasteiger partial charge in [0.15, 0.2) is 0 Å². The Morgan fingerprint density at radius 3 is 1.78 bits per heavy atom. The molecular formula is C6H10S3. The summed E-state index contributed by atoms with van der Waals surface area (Å²) in [7, 11) is 0. The van der Waals surface area contributed by atoms with Gasteiger partial charge in [0.05, 0.1) is 0 Å². The second kappa shape index (κ2) is 8.53. The summed E-state index contributed by atoms with van der Waals surface area (Å²) < 4.78 is 0. The lowest BCUT2D eigenvalue weighted by molar-refractivity contribution is 1.82. The predicted molar refractivity (Wildman–Crippen MR) is 53.6 cm³/mol. The minimum atomic E-state index is 0.807. The molecule has 0 atom stereocenters. The van der Waals surface area contributed by atoms with Gasteiger partial charge in [-0.3, -0.25) is 0 Å². The number of thioether (sulfide) groups is 1. The summed E-state index contributed by atoms with van der Waals surface area (Å²) in [4.78, 5) is 0. The highest BCUT2D eigenvalue weighted by Gasteiger charge is 1.68. The van der Waals surface area contributed by atoms with Gasteiger partial charge in [-0.2, -0.15) is 25.3 Å². The Kier molecular flexibility index (Phi) is 9.03. The minimum Gasteiger partial charge on any atom is -0.175 e. The summed E-state index contributed by atoms with van der Waals surface area (Å²) in [6, 6.07) is 0. The smallest absolute Gasteiger partial charge is 0.00907 e. The molecule has 0 N–H and O–H groups in total. The summed E-state index contributed by atoms with van der Waals surface area (Å²) in [5.41, 5.74) is 0. The van der Waals surface area contributed by atoms with Gasteiger partial charge in [-0.15, -0.1) is 11.8 Å². The van der Waals surface area contributed by atoms with Crippen LogP contribution in [0.4, 0.5) is 0 Å². The van der Waals surface area contributed by atoms with Crippen LogP contribution >= 0.6 is 37.0 Å². The monoisotopic (exact) mass is 178 g/mol. The lowest BCUT2D eigenvalue weighted by atomic mass is 10.8. The van der Waals surface area contributed by atoms with Gasteiger partial charge >= 0.3 is 0 Å². The number of thiol groups is 2. The van der Waals surface area contributed by atoms with Gasteiger partial charge in [0, 0.05) is 11.5 Å². The fourth-order valence-electron chi connectivity index (χ4n) is 0.243. The van der Waals surface area contributed by atoms with Crippen molar-refractivity contribution in [1.29, 1.82) is 0 Å². The van der Waals surface area contributed by atoms with Crippen LogP contribution in [0.2, 0.25) is 0 Å². The zero-order chi connectivity index (χ0) is 6.95. The van der Waals surface area contributed by atoms with Crippen LogP contribution in [0.3, 0.4) is 0 Å². The molecule has 0 aromatic carbocycles. The Morgan fingerprint density at radius 1 is 1.00 bits per heavy atom. The van der Waals surface area contributed by atoms with Gasteiger partial charge in [0.2, 0.25) is 0 Å². The van der Waals surface area contributed by atoms with Gasteiger partial charge in [0.25, 0.3) is 0 Å². The van der Waals surface area contributed by atoms with Crippen LogP contribution in [0.25, 0.3) is 0 Å². The molecule has 0 aliphatic carbocycles. The highest BCUT2D eigenvalue weighted by molar-refractivity contribution is 8.04. The van der Waals surface area contributed by atoms with Crippen molar-refractivity contribution < 1.29 is 0 Å². The molecular weight excluding hydrogens is 168 g/mol. The molecule has 0 aliphatic rings. The molecule has 0 saturated heterocycles. The highest BCUT2D eigenvalue weighted by atomic mass is 32.2. The zero-order valence-corrected chi connectivity index (χ0v) is 7.63. The van der Waals surface area contributed by atoms with Crippen LogP contribution < -0.4 is 0 Å². The van der Waals surface area contributed by atoms with Crippen molar-refractivity contribution in [1.82, 2.24) is 0 Å². The molecule has 0 rings (SSSR count). The molecule has 0 saturated carbocycles. The average molecular weight is 178 g/mol. The van der Waals surface area contributed by atoms with Gasteiger partial charge in [-0.05, 0) is 10.8 Å². The first-order valence-electron chi connectivity index (χ1n) is 2.59. The number of rotatable bonds is 4. The molecule has 0 radical (unpaired) electrons. The zero-order valence-electron chi connectivity index (χ0n) is 5.03. The molecule has 0 spiro atoms. The topological polar surface area (TPSA) is 0 Å². The molecule has 0 nitrogen and oxygen atoms in total. The van der Waals surface area contributed by atoms with Crippen molar-refractivity contribution in [2.75, 3.05) is 11.5 Å². The first kappa shape index (κ1) is 9.53. The van der Waals surface area contributed by atoms with Gasteiger partial charge in [0.1, 0.15) is 0 Å². The predicted octanol–water partition coefficient (Wildman–Crippen LogP) is 2.61. The fraction of sp³-hybridized carbons (Fsp3) is 0.333. The van der Waals surface area contributed by atoms with Crippen molar-refractivity contribution in [2.45, 2.75) is 0 Å². The SMILES string of the molecule is SCC=CSC=CCS. The number of hydrogen-bond donors (Lipinski definition) is 2. The lowest BCUT2D eigenvalue weighted by Gasteiger charge is -1.79. The quantitative estimate of drug-likeness (QED) is 0.624. The third-order valence-corrected chi connectivity index (χ3v) is 1.68. The average Bonchev–Trinajstić information content (AvgIpc) is 1.89. The van der Waals surface area contributed by atoms with E-state index in [4.69, 9.17) is 0 Å². The van der Waals surface area contributed by atoms with E-state index in [0.717, 1.165) is 11.5 Å². The third kappa shape index (κ3) is 8.53. The summed E-state index contributed by atoms with van der Waals surface area (Å²) in [5, 5.41) is 4.01. The molecule has 52 valence electrons. The maximum absolute atomic E-state index is 4.01. The minimum absolute atomic E-state index is 0.807. The molecule has 0 aliphatic heterocycles. The van der Waals surface area contributed by atoms with Gasteiger partial charge in [-0.25, -0.2) is 0 Å². The summed E-state index contributed by atoms with van der Waals surface area (Å²) in [6.07, 6.45) is 3.99. The van der Waals surface area contributed by atoms with Crippen molar-refractivity contribution >= 4 is 37.0 Å². The van der Waals surface area contributed by atoms with E-state index in [2.05, 4.69) is 25.3 Å². The molecule has 0 unspecified atom stereocenters. The molecule has 3 heteroatoms. The largest absolute Gasteiger partial charge is 0.175 e. The van der Waals surface area contributed by atoms with E-state index >= 15 is 0 Å². The van der Waals surface area contributed by atoms with E-state index in [1.807, 2.05) is 23.0 Å². The molecule has 0 bridgehead atoms. The van der Waals surface area contributed by atoms with E-state index in [1.54, 1.807) is 11.8 Å². The van der Waals surface area contributed by atoms with Gasteiger partial charge < -0.3 is 0 Å². The summed E-state index contributed by atoms with van der Waals surface area (Å²) >= 11 is 9.66. The van der Waals surface area contributed by atoms with E-state index in [0.29, 0.717) is 0 Å². The van der Waals surface area contributed by atoms with Crippen LogP contribution in [0.1, 0.15) is 0 Å². The highest BCUT2D eigenvalue weighted by Crippen LogP contribution is 2.03. The molecule has 0 heterocycles. The van der Waals surface area contributed by atoms with E-state index < -0.39 is 0 Å². The standard InChI is InChI=1S/C6H10S3/c7-3-1-5-9-6-2-4-8/h1-2,5-8H,3-4H2. The van der Waals surface area contributed by atoms with Crippen LogP contribution in [0.5, 0.6) is 0 Å². The van der Waals surface area contributed by atoms with E-state index in [-0.39, 0.29) is 0 Å². The van der Waals surface area contributed by atoms with Crippen molar-refractivity contribution in [3.63, 3.8) is 0 Å². The van der Waals surface area contributed by atoms with Crippen LogP contribution in [0.15, 0.2) is 23.0 Å². The summed E-state index contributed by atoms with van der Waals surface area (Å²) in [6.45, 7) is 0. The number of hydrogen-bond acceptors (Lipinski definition) is 3. The first-order chi connectivity index (χ1) is 4.41. The fourth-order valence-corrected chi connectivity index (χ4v) is 1.24.